The van der Waals surface area contributed by atoms with Crippen LogP contribution in [0.5, 0.6) is 0 Å². The maximum atomic E-state index is 12.4. The molecule has 0 radical (unpaired) electrons. The number of nitrogens with zero attached hydrogens (tertiary/aromatic N) is 1. The summed E-state index contributed by atoms with van der Waals surface area (Å²) in [6, 6.07) is 7.93. The summed E-state index contributed by atoms with van der Waals surface area (Å²) < 4.78 is 0. The van der Waals surface area contributed by atoms with Gasteiger partial charge in [0, 0.05) is 12.2 Å². The Morgan fingerprint density at radius 3 is 2.62 bits per heavy atom. The minimum absolute atomic E-state index is 0.0560. The average Bonchev–Trinajstić information content (AvgIpc) is 2.90. The number of nitrogens with one attached hydrogen (secondary N) is 1. The van der Waals surface area contributed by atoms with Gasteiger partial charge in [-0.1, -0.05) is 26.0 Å². The lowest BCUT2D eigenvalue weighted by Crippen LogP contribution is -2.42. The lowest BCUT2D eigenvalue weighted by atomic mass is 9.90. The van der Waals surface area contributed by atoms with Crippen molar-refractivity contribution in [2.45, 2.75) is 39.7 Å². The minimum Gasteiger partial charge on any atom is -0.330 e. The van der Waals surface area contributed by atoms with Crippen LogP contribution in [0.25, 0.3) is 0 Å². The number of anilines is 1. The van der Waals surface area contributed by atoms with Crippen molar-refractivity contribution < 1.29 is 4.79 Å². The largest absolute Gasteiger partial charge is 0.330 e. The number of nitrogens with two attached hydrogens (primary N) is 1. The van der Waals surface area contributed by atoms with Crippen molar-refractivity contribution in [3.63, 3.8) is 0 Å². The molecule has 0 saturated carbocycles. The Morgan fingerprint density at radius 2 is 2.10 bits per heavy atom. The van der Waals surface area contributed by atoms with Crippen LogP contribution in [0.3, 0.4) is 0 Å². The maximum absolute atomic E-state index is 12.4. The molecule has 1 saturated heterocycles. The van der Waals surface area contributed by atoms with Gasteiger partial charge < -0.3 is 11.1 Å². The van der Waals surface area contributed by atoms with E-state index in [9.17, 15) is 4.79 Å². The molecule has 4 heteroatoms. The Kier molecular flexibility index (Phi) is 5.01. The predicted octanol–water partition coefficient (Wildman–Crippen LogP) is 2.25. The van der Waals surface area contributed by atoms with Gasteiger partial charge in [-0.25, -0.2) is 0 Å². The molecule has 0 bridgehead atoms. The zero-order valence-corrected chi connectivity index (χ0v) is 13.4. The Morgan fingerprint density at radius 1 is 1.43 bits per heavy atom. The van der Waals surface area contributed by atoms with Crippen LogP contribution in [0.1, 0.15) is 32.8 Å². The molecule has 1 aromatic rings. The van der Waals surface area contributed by atoms with Gasteiger partial charge in [-0.05, 0) is 56.0 Å². The van der Waals surface area contributed by atoms with Gasteiger partial charge in [-0.15, -0.1) is 0 Å². The SMILES string of the molecule is CCc1ccc(NC(=O)C(C)N2CCC(C)(CN)C2)cc1. The molecule has 1 amide bonds. The van der Waals surface area contributed by atoms with Gasteiger partial charge in [0.1, 0.15) is 0 Å². The fraction of sp³-hybridized carbons (Fsp3) is 0.588. The van der Waals surface area contributed by atoms with Gasteiger partial charge in [0.15, 0.2) is 0 Å². The van der Waals surface area contributed by atoms with E-state index in [4.69, 9.17) is 5.73 Å². The summed E-state index contributed by atoms with van der Waals surface area (Å²) in [5.41, 5.74) is 8.12. The molecule has 1 aliphatic heterocycles. The molecule has 4 nitrogen and oxygen atoms in total. The third kappa shape index (κ3) is 3.83. The van der Waals surface area contributed by atoms with Gasteiger partial charge >= 0.3 is 0 Å². The number of aryl methyl sites for hydroxylation is 1. The number of likely N-dealkylation sites (tertiary alicyclic amines) is 1. The fourth-order valence-corrected chi connectivity index (χ4v) is 2.80. The Labute approximate surface area is 127 Å². The van der Waals surface area contributed by atoms with E-state index in [-0.39, 0.29) is 17.4 Å². The molecule has 1 aliphatic rings. The molecule has 0 spiro atoms. The molecule has 1 heterocycles. The number of hydrogen-bond acceptors (Lipinski definition) is 3. The Balaban J connectivity index is 1.93. The Bertz CT molecular complexity index is 485. The van der Waals surface area contributed by atoms with Crippen molar-refractivity contribution in [2.75, 3.05) is 25.0 Å². The van der Waals surface area contributed by atoms with Crippen molar-refractivity contribution in [2.24, 2.45) is 11.1 Å². The van der Waals surface area contributed by atoms with E-state index in [1.54, 1.807) is 0 Å². The second-order valence-electron chi connectivity index (χ2n) is 6.45. The lowest BCUT2D eigenvalue weighted by Gasteiger charge is -2.26. The van der Waals surface area contributed by atoms with Crippen LogP contribution in [0.15, 0.2) is 24.3 Å². The summed E-state index contributed by atoms with van der Waals surface area (Å²) in [6.45, 7) is 8.80. The normalized spacial score (nSPS) is 24.0. The first-order chi connectivity index (χ1) is 9.97. The summed E-state index contributed by atoms with van der Waals surface area (Å²) in [5, 5.41) is 3.00. The third-order valence-corrected chi connectivity index (χ3v) is 4.64. The topological polar surface area (TPSA) is 58.4 Å². The highest BCUT2D eigenvalue weighted by molar-refractivity contribution is 5.94. The van der Waals surface area contributed by atoms with Crippen LogP contribution in [0, 0.1) is 5.41 Å². The highest BCUT2D eigenvalue weighted by atomic mass is 16.2. The third-order valence-electron chi connectivity index (χ3n) is 4.64. The maximum Gasteiger partial charge on any atom is 0.241 e. The minimum atomic E-state index is -0.121. The van der Waals surface area contributed by atoms with E-state index < -0.39 is 0 Å². The van der Waals surface area contributed by atoms with Gasteiger partial charge in [0.2, 0.25) is 5.91 Å². The summed E-state index contributed by atoms with van der Waals surface area (Å²) in [4.78, 5) is 14.6. The molecular weight excluding hydrogens is 262 g/mol. The number of carbonyl (C=O) groups is 1. The van der Waals surface area contributed by atoms with Gasteiger partial charge in [-0.3, -0.25) is 9.69 Å². The summed E-state index contributed by atoms with van der Waals surface area (Å²) in [7, 11) is 0. The number of carbonyl (C=O) groups excluding carboxylic acids is 1. The van der Waals surface area contributed by atoms with Gasteiger partial charge in [0.05, 0.1) is 6.04 Å². The van der Waals surface area contributed by atoms with Crippen LogP contribution in [-0.2, 0) is 11.2 Å². The van der Waals surface area contributed by atoms with Crippen LogP contribution in [0.2, 0.25) is 0 Å². The molecule has 1 fully saturated rings. The monoisotopic (exact) mass is 289 g/mol. The first-order valence-electron chi connectivity index (χ1n) is 7.81. The number of amides is 1. The predicted molar refractivity (Wildman–Crippen MR) is 87.3 cm³/mol. The molecule has 0 aliphatic carbocycles. The molecule has 116 valence electrons. The van der Waals surface area contributed by atoms with Crippen molar-refractivity contribution >= 4 is 11.6 Å². The highest BCUT2D eigenvalue weighted by Gasteiger charge is 2.36. The first kappa shape index (κ1) is 16.0. The second-order valence-corrected chi connectivity index (χ2v) is 6.45. The molecule has 2 atom stereocenters. The van der Waals surface area contributed by atoms with Gasteiger partial charge in [-0.2, -0.15) is 0 Å². The summed E-state index contributed by atoms with van der Waals surface area (Å²) in [5.74, 6) is 0.0560. The Hall–Kier alpha value is -1.39. The number of rotatable bonds is 5. The number of hydrogen-bond donors (Lipinski definition) is 2. The standard InChI is InChI=1S/C17H27N3O/c1-4-14-5-7-15(8-6-14)19-16(21)13(2)20-10-9-17(3,11-18)12-20/h5-8,13H,4,9-12,18H2,1-3H3,(H,19,21). The van der Waals surface area contributed by atoms with Crippen LogP contribution < -0.4 is 11.1 Å². The second kappa shape index (κ2) is 6.58. The van der Waals surface area contributed by atoms with E-state index in [2.05, 4.69) is 36.2 Å². The van der Waals surface area contributed by atoms with E-state index >= 15 is 0 Å². The lowest BCUT2D eigenvalue weighted by molar-refractivity contribution is -0.120. The highest BCUT2D eigenvalue weighted by Crippen LogP contribution is 2.29. The van der Waals surface area contributed by atoms with Crippen LogP contribution in [0.4, 0.5) is 5.69 Å². The molecule has 1 aromatic carbocycles. The summed E-state index contributed by atoms with van der Waals surface area (Å²) >= 11 is 0. The molecule has 21 heavy (non-hydrogen) atoms. The molecular formula is C17H27N3O. The number of benzene rings is 1. The van der Waals surface area contributed by atoms with Crippen molar-refractivity contribution in [1.29, 1.82) is 0 Å². The summed E-state index contributed by atoms with van der Waals surface area (Å²) in [6.07, 6.45) is 2.07. The fourth-order valence-electron chi connectivity index (χ4n) is 2.80. The molecule has 2 rings (SSSR count). The van der Waals surface area contributed by atoms with E-state index in [0.717, 1.165) is 31.6 Å². The molecule has 2 unspecified atom stereocenters. The van der Waals surface area contributed by atoms with E-state index in [0.29, 0.717) is 6.54 Å². The quantitative estimate of drug-likeness (QED) is 0.874. The smallest absolute Gasteiger partial charge is 0.241 e. The van der Waals surface area contributed by atoms with Crippen molar-refractivity contribution in [3.8, 4) is 0 Å². The molecule has 3 N–H and O–H groups in total. The van der Waals surface area contributed by atoms with Crippen molar-refractivity contribution in [3.05, 3.63) is 29.8 Å². The van der Waals surface area contributed by atoms with E-state index in [1.807, 2.05) is 19.1 Å². The van der Waals surface area contributed by atoms with Crippen molar-refractivity contribution in [1.82, 2.24) is 4.90 Å². The zero-order chi connectivity index (χ0) is 15.5. The zero-order valence-electron chi connectivity index (χ0n) is 13.4. The van der Waals surface area contributed by atoms with Gasteiger partial charge in [0.25, 0.3) is 0 Å². The van der Waals surface area contributed by atoms with Crippen LogP contribution in [-0.4, -0.2) is 36.5 Å². The van der Waals surface area contributed by atoms with Crippen LogP contribution >= 0.6 is 0 Å². The van der Waals surface area contributed by atoms with E-state index in [1.165, 1.54) is 5.56 Å². The average molecular weight is 289 g/mol. The first-order valence-corrected chi connectivity index (χ1v) is 7.81. The molecule has 0 aromatic heterocycles.